The van der Waals surface area contributed by atoms with Crippen LogP contribution in [-0.4, -0.2) is 41.7 Å². The molecule has 1 saturated carbocycles. The van der Waals surface area contributed by atoms with Gasteiger partial charge in [-0.25, -0.2) is 4.98 Å². The Kier molecular flexibility index (Phi) is 5.84. The van der Waals surface area contributed by atoms with Crippen LogP contribution in [0, 0.1) is 6.92 Å². The van der Waals surface area contributed by atoms with Crippen LogP contribution < -0.4 is 4.74 Å². The molecule has 5 heteroatoms. The number of thioether (sulfide) groups is 1. The Morgan fingerprint density at radius 3 is 2.76 bits per heavy atom. The molecule has 0 N–H and O–H groups in total. The van der Waals surface area contributed by atoms with Crippen LogP contribution in [0.15, 0.2) is 29.3 Å². The second-order valence-corrected chi connectivity index (χ2v) is 7.74. The highest BCUT2D eigenvalue weighted by molar-refractivity contribution is 7.99. The van der Waals surface area contributed by atoms with E-state index in [1.54, 1.807) is 7.11 Å². The van der Waals surface area contributed by atoms with Crippen molar-refractivity contribution in [3.05, 3.63) is 29.8 Å². The number of methoxy groups -OCH3 is 1. The first-order valence-electron chi connectivity index (χ1n) is 8.92. The van der Waals surface area contributed by atoms with E-state index >= 15 is 0 Å². The van der Waals surface area contributed by atoms with Crippen molar-refractivity contribution in [1.29, 1.82) is 0 Å². The fourth-order valence-corrected chi connectivity index (χ4v) is 4.36. The molecule has 134 valence electrons. The predicted molar refractivity (Wildman–Crippen MR) is 103 cm³/mol. The first kappa shape index (κ1) is 18.1. The van der Waals surface area contributed by atoms with Crippen molar-refractivity contribution in [3.63, 3.8) is 0 Å². The van der Waals surface area contributed by atoms with Crippen LogP contribution in [0.1, 0.15) is 37.7 Å². The van der Waals surface area contributed by atoms with Crippen LogP contribution in [0.2, 0.25) is 0 Å². The molecule has 1 fully saturated rings. The van der Waals surface area contributed by atoms with Gasteiger partial charge in [-0.05, 0) is 43.5 Å². The molecular formula is C20H26N2O2S. The highest BCUT2D eigenvalue weighted by Crippen LogP contribution is 2.27. The summed E-state index contributed by atoms with van der Waals surface area (Å²) in [5, 5.41) is 2.01. The number of aryl methyl sites for hydroxylation is 1. The molecule has 0 aliphatic heterocycles. The zero-order valence-corrected chi connectivity index (χ0v) is 16.1. The first-order chi connectivity index (χ1) is 12.1. The third-order valence-corrected chi connectivity index (χ3v) is 5.96. The van der Waals surface area contributed by atoms with Gasteiger partial charge in [-0.15, -0.1) is 0 Å². The molecule has 0 bridgehead atoms. The molecule has 0 atom stereocenters. The van der Waals surface area contributed by atoms with Crippen LogP contribution in [0.25, 0.3) is 10.9 Å². The smallest absolute Gasteiger partial charge is 0.232 e. The fraction of sp³-hybridized carbons (Fsp3) is 0.500. The van der Waals surface area contributed by atoms with Gasteiger partial charge >= 0.3 is 0 Å². The summed E-state index contributed by atoms with van der Waals surface area (Å²) in [6.45, 7) is 2.08. The van der Waals surface area contributed by atoms with Crippen LogP contribution >= 0.6 is 11.8 Å². The van der Waals surface area contributed by atoms with Gasteiger partial charge in [0.25, 0.3) is 0 Å². The Bertz CT molecular complexity index is 757. The van der Waals surface area contributed by atoms with Gasteiger partial charge in [0, 0.05) is 24.5 Å². The Morgan fingerprint density at radius 1 is 1.28 bits per heavy atom. The molecule has 0 radical (unpaired) electrons. The molecule has 1 heterocycles. The molecule has 0 spiro atoms. The van der Waals surface area contributed by atoms with Crippen LogP contribution in [0.5, 0.6) is 5.75 Å². The average molecular weight is 359 g/mol. The highest BCUT2D eigenvalue weighted by Gasteiger charge is 2.22. The monoisotopic (exact) mass is 358 g/mol. The molecule has 1 amide bonds. The number of pyridine rings is 1. The summed E-state index contributed by atoms with van der Waals surface area (Å²) in [4.78, 5) is 19.2. The number of ether oxygens (including phenoxy) is 1. The summed E-state index contributed by atoms with van der Waals surface area (Å²) in [7, 11) is 3.61. The maximum absolute atomic E-state index is 12.5. The standard InChI is InChI=1S/C20H26N2O2S/c1-14-11-19(21-18-12-16(24-3)9-10-17(14)18)25-13-20(23)22(2)15-7-5-4-6-8-15/h9-12,15H,4-8,13H2,1-3H3. The summed E-state index contributed by atoms with van der Waals surface area (Å²) >= 11 is 1.52. The van der Waals surface area contributed by atoms with Gasteiger partial charge in [-0.2, -0.15) is 0 Å². The quantitative estimate of drug-likeness (QED) is 0.741. The number of fused-ring (bicyclic) bond motifs is 1. The Morgan fingerprint density at radius 2 is 2.04 bits per heavy atom. The number of carbonyl (C=O) groups is 1. The van der Waals surface area contributed by atoms with Crippen molar-refractivity contribution in [1.82, 2.24) is 9.88 Å². The van der Waals surface area contributed by atoms with Gasteiger partial charge in [-0.1, -0.05) is 31.0 Å². The van der Waals surface area contributed by atoms with Crippen LogP contribution in [0.3, 0.4) is 0 Å². The lowest BCUT2D eigenvalue weighted by atomic mass is 9.94. The maximum Gasteiger partial charge on any atom is 0.232 e. The van der Waals surface area contributed by atoms with Gasteiger partial charge in [0.05, 0.1) is 23.4 Å². The molecule has 25 heavy (non-hydrogen) atoms. The van der Waals surface area contributed by atoms with E-state index in [4.69, 9.17) is 9.72 Å². The third kappa shape index (κ3) is 4.27. The van der Waals surface area contributed by atoms with Gasteiger partial charge < -0.3 is 9.64 Å². The molecule has 4 nitrogen and oxygen atoms in total. The number of aromatic nitrogens is 1. The summed E-state index contributed by atoms with van der Waals surface area (Å²) in [6.07, 6.45) is 6.06. The largest absolute Gasteiger partial charge is 0.497 e. The van der Waals surface area contributed by atoms with Crippen molar-refractivity contribution >= 4 is 28.6 Å². The van der Waals surface area contributed by atoms with E-state index in [9.17, 15) is 4.79 Å². The van der Waals surface area contributed by atoms with Crippen LogP contribution in [-0.2, 0) is 4.79 Å². The molecule has 0 unspecified atom stereocenters. The number of hydrogen-bond acceptors (Lipinski definition) is 4. The minimum absolute atomic E-state index is 0.196. The first-order valence-corrected chi connectivity index (χ1v) is 9.91. The Labute approximate surface area is 153 Å². The van der Waals surface area contributed by atoms with Crippen molar-refractivity contribution in [2.45, 2.75) is 50.1 Å². The molecular weight excluding hydrogens is 332 g/mol. The van der Waals surface area contributed by atoms with Crippen molar-refractivity contribution in [3.8, 4) is 5.75 Å². The molecule has 1 aliphatic rings. The third-order valence-electron chi connectivity index (χ3n) is 5.06. The summed E-state index contributed by atoms with van der Waals surface area (Å²) in [5.74, 6) is 1.44. The second-order valence-electron chi connectivity index (χ2n) is 6.75. The van der Waals surface area contributed by atoms with Crippen molar-refractivity contribution < 1.29 is 9.53 Å². The topological polar surface area (TPSA) is 42.4 Å². The van der Waals surface area contributed by atoms with Crippen LogP contribution in [0.4, 0.5) is 0 Å². The van der Waals surface area contributed by atoms with Gasteiger partial charge in [-0.3, -0.25) is 4.79 Å². The molecule has 1 aromatic heterocycles. The number of nitrogens with zero attached hydrogens (tertiary/aromatic N) is 2. The lowest BCUT2D eigenvalue weighted by molar-refractivity contribution is -0.129. The maximum atomic E-state index is 12.5. The van der Waals surface area contributed by atoms with E-state index in [1.807, 2.05) is 30.1 Å². The Balaban J connectivity index is 1.68. The number of hydrogen-bond donors (Lipinski definition) is 0. The van der Waals surface area contributed by atoms with Gasteiger partial charge in [0.1, 0.15) is 5.75 Å². The van der Waals surface area contributed by atoms with E-state index in [0.29, 0.717) is 11.8 Å². The molecule has 1 aromatic carbocycles. The molecule has 2 aromatic rings. The van der Waals surface area contributed by atoms with Crippen molar-refractivity contribution in [2.24, 2.45) is 0 Å². The number of benzene rings is 1. The van der Waals surface area contributed by atoms with E-state index in [1.165, 1.54) is 36.6 Å². The Hall–Kier alpha value is -1.75. The van der Waals surface area contributed by atoms with E-state index < -0.39 is 0 Å². The predicted octanol–water partition coefficient (Wildman–Crippen LogP) is 4.44. The van der Waals surface area contributed by atoms with Gasteiger partial charge in [0.2, 0.25) is 5.91 Å². The number of carbonyl (C=O) groups excluding carboxylic acids is 1. The normalized spacial score (nSPS) is 15.3. The minimum atomic E-state index is 0.196. The number of rotatable bonds is 5. The molecule has 1 aliphatic carbocycles. The summed E-state index contributed by atoms with van der Waals surface area (Å²) < 4.78 is 5.29. The molecule has 0 saturated heterocycles. The van der Waals surface area contributed by atoms with Gasteiger partial charge in [0.15, 0.2) is 0 Å². The lowest BCUT2D eigenvalue weighted by Crippen LogP contribution is -2.39. The fourth-order valence-electron chi connectivity index (χ4n) is 3.46. The zero-order valence-electron chi connectivity index (χ0n) is 15.2. The average Bonchev–Trinajstić information content (AvgIpc) is 2.65. The number of amides is 1. The summed E-state index contributed by atoms with van der Waals surface area (Å²) in [6, 6.07) is 8.41. The SMILES string of the molecule is COc1ccc2c(C)cc(SCC(=O)N(C)C3CCCCC3)nc2c1. The van der Waals surface area contributed by atoms with E-state index in [2.05, 4.69) is 13.0 Å². The zero-order chi connectivity index (χ0) is 17.8. The van der Waals surface area contributed by atoms with E-state index in [0.717, 1.165) is 34.5 Å². The summed E-state index contributed by atoms with van der Waals surface area (Å²) in [5.41, 5.74) is 2.08. The molecule has 3 rings (SSSR count). The highest BCUT2D eigenvalue weighted by atomic mass is 32.2. The van der Waals surface area contributed by atoms with Crippen molar-refractivity contribution in [2.75, 3.05) is 19.9 Å². The van der Waals surface area contributed by atoms with E-state index in [-0.39, 0.29) is 5.91 Å². The lowest BCUT2D eigenvalue weighted by Gasteiger charge is -2.31. The second kappa shape index (κ2) is 8.09. The minimum Gasteiger partial charge on any atom is -0.497 e.